The van der Waals surface area contributed by atoms with Crippen molar-refractivity contribution < 1.29 is 14.3 Å². The van der Waals surface area contributed by atoms with Crippen molar-refractivity contribution in [2.45, 2.75) is 19.3 Å². The minimum Gasteiger partial charge on any atom is -0.396 e. The zero-order valence-electron chi connectivity index (χ0n) is 9.88. The van der Waals surface area contributed by atoms with Crippen LogP contribution in [-0.2, 0) is 0 Å². The predicted molar refractivity (Wildman–Crippen MR) is 69.8 cm³/mol. The van der Waals surface area contributed by atoms with Crippen molar-refractivity contribution in [3.63, 3.8) is 0 Å². The topological polar surface area (TPSA) is 49.3 Å². The number of amides is 1. The van der Waals surface area contributed by atoms with Crippen molar-refractivity contribution in [3.05, 3.63) is 34.1 Å². The van der Waals surface area contributed by atoms with Gasteiger partial charge in [-0.3, -0.25) is 4.79 Å². The molecule has 18 heavy (non-hydrogen) atoms. The lowest BCUT2D eigenvalue weighted by Gasteiger charge is -2.15. The van der Waals surface area contributed by atoms with Crippen LogP contribution in [0.25, 0.3) is 0 Å². The van der Waals surface area contributed by atoms with Crippen molar-refractivity contribution in [3.8, 4) is 0 Å². The molecule has 2 rings (SSSR count). The fourth-order valence-corrected chi connectivity index (χ4v) is 2.39. The smallest absolute Gasteiger partial charge is 0.252 e. The summed E-state index contributed by atoms with van der Waals surface area (Å²) in [5, 5.41) is 11.7. The van der Waals surface area contributed by atoms with Gasteiger partial charge in [0.2, 0.25) is 0 Å². The highest BCUT2D eigenvalue weighted by Crippen LogP contribution is 2.47. The van der Waals surface area contributed by atoms with Gasteiger partial charge >= 0.3 is 0 Å². The predicted octanol–water partition coefficient (Wildman–Crippen LogP) is 2.48. The number of hydrogen-bond donors (Lipinski definition) is 2. The quantitative estimate of drug-likeness (QED) is 0.877. The van der Waals surface area contributed by atoms with Gasteiger partial charge < -0.3 is 10.4 Å². The van der Waals surface area contributed by atoms with E-state index < -0.39 is 5.82 Å². The van der Waals surface area contributed by atoms with E-state index in [1.165, 1.54) is 18.2 Å². The number of aliphatic hydroxyl groups excluding tert-OH is 1. The lowest BCUT2D eigenvalue weighted by molar-refractivity contribution is 0.0939. The standard InChI is InChI=1S/C13H15BrFNO2/c14-11-2-1-9(15)7-10(11)12(18)16-8-13(3-4-13)5-6-17/h1-2,7,17H,3-6,8H2,(H,16,18). The van der Waals surface area contributed by atoms with Gasteiger partial charge in [0.15, 0.2) is 0 Å². The highest BCUT2D eigenvalue weighted by atomic mass is 79.9. The molecule has 1 fully saturated rings. The number of rotatable bonds is 5. The Morgan fingerprint density at radius 3 is 2.83 bits per heavy atom. The maximum Gasteiger partial charge on any atom is 0.252 e. The zero-order chi connectivity index (χ0) is 13.2. The van der Waals surface area contributed by atoms with Crippen LogP contribution in [0.4, 0.5) is 4.39 Å². The minimum absolute atomic E-state index is 0.0597. The Hall–Kier alpha value is -0.940. The fraction of sp³-hybridized carbons (Fsp3) is 0.462. The number of aliphatic hydroxyl groups is 1. The lowest BCUT2D eigenvalue weighted by Crippen LogP contribution is -2.31. The first-order valence-electron chi connectivity index (χ1n) is 5.90. The lowest BCUT2D eigenvalue weighted by atomic mass is 10.0. The van der Waals surface area contributed by atoms with Crippen molar-refractivity contribution in [1.82, 2.24) is 5.32 Å². The van der Waals surface area contributed by atoms with Gasteiger partial charge in [0.1, 0.15) is 5.82 Å². The van der Waals surface area contributed by atoms with Crippen molar-refractivity contribution in [2.75, 3.05) is 13.2 Å². The third kappa shape index (κ3) is 3.09. The van der Waals surface area contributed by atoms with Gasteiger partial charge in [-0.25, -0.2) is 4.39 Å². The summed E-state index contributed by atoms with van der Waals surface area (Å²) in [6, 6.07) is 4.03. The monoisotopic (exact) mass is 315 g/mol. The summed E-state index contributed by atoms with van der Waals surface area (Å²) in [5.41, 5.74) is 0.360. The molecular weight excluding hydrogens is 301 g/mol. The first-order valence-corrected chi connectivity index (χ1v) is 6.70. The van der Waals surface area contributed by atoms with Gasteiger partial charge in [0.05, 0.1) is 5.56 Å². The Bertz CT molecular complexity index is 460. The van der Waals surface area contributed by atoms with Gasteiger partial charge in [-0.2, -0.15) is 0 Å². The van der Waals surface area contributed by atoms with Crippen molar-refractivity contribution >= 4 is 21.8 Å². The fourth-order valence-electron chi connectivity index (χ4n) is 1.96. The Morgan fingerprint density at radius 2 is 2.22 bits per heavy atom. The Balaban J connectivity index is 1.98. The molecule has 3 nitrogen and oxygen atoms in total. The molecule has 0 heterocycles. The van der Waals surface area contributed by atoms with E-state index in [0.717, 1.165) is 12.8 Å². The molecule has 0 saturated heterocycles. The molecule has 0 aliphatic heterocycles. The van der Waals surface area contributed by atoms with E-state index in [4.69, 9.17) is 5.11 Å². The van der Waals surface area contributed by atoms with Crippen LogP contribution in [-0.4, -0.2) is 24.2 Å². The SMILES string of the molecule is O=C(NCC1(CCO)CC1)c1cc(F)ccc1Br. The second kappa shape index (κ2) is 5.36. The molecule has 98 valence electrons. The first kappa shape index (κ1) is 13.5. The van der Waals surface area contributed by atoms with E-state index >= 15 is 0 Å². The highest BCUT2D eigenvalue weighted by Gasteiger charge is 2.41. The normalized spacial score (nSPS) is 16.4. The summed E-state index contributed by atoms with van der Waals surface area (Å²) >= 11 is 3.23. The molecule has 2 N–H and O–H groups in total. The summed E-state index contributed by atoms with van der Waals surface area (Å²) in [4.78, 5) is 11.9. The number of hydrogen-bond acceptors (Lipinski definition) is 2. The Labute approximate surface area is 114 Å². The summed E-state index contributed by atoms with van der Waals surface area (Å²) in [5.74, 6) is -0.717. The molecular formula is C13H15BrFNO2. The van der Waals surface area contributed by atoms with Crippen LogP contribution in [0.1, 0.15) is 29.6 Å². The van der Waals surface area contributed by atoms with E-state index in [1.807, 2.05) is 0 Å². The summed E-state index contributed by atoms with van der Waals surface area (Å²) in [6.45, 7) is 0.675. The largest absolute Gasteiger partial charge is 0.396 e. The Morgan fingerprint density at radius 1 is 1.50 bits per heavy atom. The molecule has 1 amide bonds. The number of halogens is 2. The van der Waals surface area contributed by atoms with Crippen LogP contribution >= 0.6 is 15.9 Å². The van der Waals surface area contributed by atoms with Gasteiger partial charge in [-0.05, 0) is 58.8 Å². The first-order chi connectivity index (χ1) is 8.56. The van der Waals surface area contributed by atoms with Crippen LogP contribution in [0.2, 0.25) is 0 Å². The molecule has 0 bridgehead atoms. The molecule has 0 spiro atoms. The van der Waals surface area contributed by atoms with E-state index in [-0.39, 0.29) is 17.9 Å². The highest BCUT2D eigenvalue weighted by molar-refractivity contribution is 9.10. The van der Waals surface area contributed by atoms with E-state index in [2.05, 4.69) is 21.2 Å². The third-order valence-corrected chi connectivity index (χ3v) is 4.09. The van der Waals surface area contributed by atoms with Gasteiger partial charge in [0, 0.05) is 17.6 Å². The van der Waals surface area contributed by atoms with Crippen LogP contribution < -0.4 is 5.32 Å². The van der Waals surface area contributed by atoms with Crippen molar-refractivity contribution in [2.24, 2.45) is 5.41 Å². The van der Waals surface area contributed by atoms with Crippen LogP contribution in [0.3, 0.4) is 0 Å². The summed E-state index contributed by atoms with van der Waals surface area (Å²) in [6.07, 6.45) is 2.76. The Kier molecular flexibility index (Phi) is 4.02. The number of nitrogens with one attached hydrogen (secondary N) is 1. The number of carbonyl (C=O) groups is 1. The second-order valence-electron chi connectivity index (χ2n) is 4.78. The van der Waals surface area contributed by atoms with E-state index in [1.54, 1.807) is 0 Å². The molecule has 0 aromatic heterocycles. The van der Waals surface area contributed by atoms with Crippen LogP contribution in [0.15, 0.2) is 22.7 Å². The van der Waals surface area contributed by atoms with E-state index in [9.17, 15) is 9.18 Å². The molecule has 0 atom stereocenters. The van der Waals surface area contributed by atoms with Gasteiger partial charge in [-0.15, -0.1) is 0 Å². The average molecular weight is 316 g/mol. The summed E-state index contributed by atoms with van der Waals surface area (Å²) < 4.78 is 13.7. The molecule has 0 unspecified atom stereocenters. The molecule has 1 aromatic rings. The maximum absolute atomic E-state index is 13.1. The third-order valence-electron chi connectivity index (χ3n) is 3.40. The molecule has 0 radical (unpaired) electrons. The van der Waals surface area contributed by atoms with Crippen molar-refractivity contribution in [1.29, 1.82) is 0 Å². The van der Waals surface area contributed by atoms with Crippen LogP contribution in [0.5, 0.6) is 0 Å². The molecule has 1 aliphatic rings. The van der Waals surface area contributed by atoms with Gasteiger partial charge in [-0.1, -0.05) is 0 Å². The number of benzene rings is 1. The summed E-state index contributed by atoms with van der Waals surface area (Å²) in [7, 11) is 0. The molecule has 1 saturated carbocycles. The second-order valence-corrected chi connectivity index (χ2v) is 5.63. The molecule has 5 heteroatoms. The van der Waals surface area contributed by atoms with Gasteiger partial charge in [0.25, 0.3) is 5.91 Å². The average Bonchev–Trinajstić information content (AvgIpc) is 3.10. The molecule has 1 aromatic carbocycles. The van der Waals surface area contributed by atoms with E-state index in [0.29, 0.717) is 23.0 Å². The molecule has 1 aliphatic carbocycles. The van der Waals surface area contributed by atoms with Crippen LogP contribution in [0, 0.1) is 11.2 Å². The maximum atomic E-state index is 13.1. The minimum atomic E-state index is -0.431. The zero-order valence-corrected chi connectivity index (χ0v) is 11.5. The number of carbonyl (C=O) groups excluding carboxylic acids is 1.